The number of benzene rings is 8. The highest BCUT2D eigenvalue weighted by Gasteiger charge is 2.50. The molecule has 7 unspecified atom stereocenters. The molecule has 1 saturated carbocycles. The van der Waals surface area contributed by atoms with E-state index in [9.17, 15) is 0 Å². The highest BCUT2D eigenvalue weighted by Crippen LogP contribution is 2.58. The minimum Gasteiger partial charge on any atom is -0.500 e. The second-order valence-electron chi connectivity index (χ2n) is 21.9. The summed E-state index contributed by atoms with van der Waals surface area (Å²) in [4.78, 5) is 5.45. The molecule has 0 saturated heterocycles. The average Bonchev–Trinajstić information content (AvgIpc) is 4.53. The van der Waals surface area contributed by atoms with Gasteiger partial charge in [0.1, 0.15) is 35.4 Å². The zero-order valence-electron chi connectivity index (χ0n) is 44.9. The van der Waals surface area contributed by atoms with Gasteiger partial charge in [0.15, 0.2) is 0 Å². The van der Waals surface area contributed by atoms with Gasteiger partial charge in [-0.25, -0.2) is 4.99 Å². The lowest BCUT2D eigenvalue weighted by Gasteiger charge is -2.35. The number of hydrogen-bond donors (Lipinski definition) is 2. The maximum atomic E-state index is 5.85. The fourth-order valence-electron chi connectivity index (χ4n) is 13.2. The molecule has 6 aliphatic rings. The molecule has 79 heavy (non-hydrogen) atoms. The molecule has 388 valence electrons. The molecule has 6 nitrogen and oxygen atoms in total. The van der Waals surface area contributed by atoms with Gasteiger partial charge in [-0.15, -0.1) is 0 Å². The van der Waals surface area contributed by atoms with Crippen molar-refractivity contribution in [3.05, 3.63) is 264 Å². The fourth-order valence-corrected chi connectivity index (χ4v) is 13.2. The van der Waals surface area contributed by atoms with Gasteiger partial charge in [-0.05, 0) is 144 Å². The molecule has 1 heterocycles. The predicted molar refractivity (Wildman–Crippen MR) is 325 cm³/mol. The first-order valence-corrected chi connectivity index (χ1v) is 28.0. The van der Waals surface area contributed by atoms with Gasteiger partial charge in [0.25, 0.3) is 0 Å². The van der Waals surface area contributed by atoms with Crippen LogP contribution >= 0.6 is 0 Å². The molecule has 6 heteroatoms. The maximum Gasteiger partial charge on any atom is 0.129 e. The molecule has 8 aromatic carbocycles. The van der Waals surface area contributed by atoms with Crippen molar-refractivity contribution in [1.29, 1.82) is 0 Å². The molecule has 2 N–H and O–H groups in total. The van der Waals surface area contributed by atoms with Crippen LogP contribution in [-0.2, 0) is 4.74 Å². The average molecular weight is 1030 g/mol. The summed E-state index contributed by atoms with van der Waals surface area (Å²) in [5.41, 5.74) is 17.4. The van der Waals surface area contributed by atoms with E-state index in [2.05, 4.69) is 235 Å². The number of nitrogens with zero attached hydrogens (tertiary/aromatic N) is 1. The Morgan fingerprint density at radius 1 is 0.494 bits per heavy atom. The van der Waals surface area contributed by atoms with E-state index in [1.807, 2.05) is 7.11 Å². The van der Waals surface area contributed by atoms with Gasteiger partial charge in [0, 0.05) is 28.5 Å². The Hall–Kier alpha value is -8.71. The van der Waals surface area contributed by atoms with E-state index >= 15 is 0 Å². The second-order valence-corrected chi connectivity index (χ2v) is 21.9. The summed E-state index contributed by atoms with van der Waals surface area (Å²) in [6.07, 6.45) is 24.7. The van der Waals surface area contributed by atoms with Crippen molar-refractivity contribution in [2.75, 3.05) is 21.3 Å². The number of methoxy groups -OCH3 is 3. The third-order valence-corrected chi connectivity index (χ3v) is 17.6. The summed E-state index contributed by atoms with van der Waals surface area (Å²) in [5.74, 6) is 6.34. The summed E-state index contributed by atoms with van der Waals surface area (Å²) in [5, 5.41) is 12.4. The lowest BCUT2D eigenvalue weighted by atomic mass is 9.72. The van der Waals surface area contributed by atoms with Crippen molar-refractivity contribution < 1.29 is 14.2 Å². The third kappa shape index (κ3) is 9.14. The Balaban J connectivity index is 0.720. The molecule has 0 aromatic heterocycles. The molecule has 8 aromatic rings. The van der Waals surface area contributed by atoms with Crippen molar-refractivity contribution >= 4 is 38.5 Å². The first-order chi connectivity index (χ1) is 39.0. The number of fused-ring (bicyclic) bond motifs is 5. The maximum absolute atomic E-state index is 5.85. The Labute approximate surface area is 463 Å². The number of hydrogen-bond acceptors (Lipinski definition) is 6. The molecule has 0 amide bonds. The van der Waals surface area contributed by atoms with Gasteiger partial charge < -0.3 is 19.5 Å². The SMILES string of the molecule is COC1=CC=C(c2ccc(C3=CC=C(C4=NC(c5ccc(-c6ccc(-c7ccc(OC)c8ccccc78)cc6)cc5)NC(C5=CCC(c6ccc(-c7ccc(OC)c8ccccc78)cc6)C=C5)N4)CC3)cc2)C2C1C=CC1CC12. The smallest absolute Gasteiger partial charge is 0.129 e. The molecule has 7 atom stereocenters. The van der Waals surface area contributed by atoms with E-state index in [4.69, 9.17) is 19.2 Å². The highest BCUT2D eigenvalue weighted by molar-refractivity contribution is 6.02. The zero-order chi connectivity index (χ0) is 53.0. The van der Waals surface area contributed by atoms with E-state index in [1.165, 1.54) is 89.6 Å². The Morgan fingerprint density at radius 2 is 1.06 bits per heavy atom. The molecule has 0 radical (unpaired) electrons. The van der Waals surface area contributed by atoms with Gasteiger partial charge in [-0.3, -0.25) is 5.32 Å². The lowest BCUT2D eigenvalue weighted by Crippen LogP contribution is -2.52. The van der Waals surface area contributed by atoms with Crippen LogP contribution in [0.4, 0.5) is 0 Å². The highest BCUT2D eigenvalue weighted by atomic mass is 16.5. The summed E-state index contributed by atoms with van der Waals surface area (Å²) in [6.45, 7) is 0. The van der Waals surface area contributed by atoms with E-state index in [0.29, 0.717) is 23.7 Å². The van der Waals surface area contributed by atoms with Crippen LogP contribution in [0.2, 0.25) is 0 Å². The zero-order valence-corrected chi connectivity index (χ0v) is 44.9. The standard InChI is InChI=1S/C73H63N3O3/c1-77-67-41-38-58(61-8-4-6-10-63(61)67)51-24-12-45(13-25-51)48-18-30-54(31-19-48)71-74-72(55-32-20-49(21-33-55)46-14-26-52(27-15-46)59-39-42-68(78-2)64-11-7-5-9-62(59)64)76-73(75-71)56-34-22-50(23-35-56)47-16-28-53(29-17-47)60-40-43-69(79-3)65-37-36-57-44-66(57)70(60)65/h4-20,22,24-34,36-43,49,57,65-66,70-72,74H,21,23,35,44H2,1-3H3,(H,75,76). The minimum absolute atomic E-state index is 0.130. The van der Waals surface area contributed by atoms with Gasteiger partial charge in [-0.1, -0.05) is 206 Å². The quantitative estimate of drug-likeness (QED) is 0.119. The predicted octanol–water partition coefficient (Wildman–Crippen LogP) is 16.8. The van der Waals surface area contributed by atoms with Gasteiger partial charge >= 0.3 is 0 Å². The first-order valence-electron chi connectivity index (χ1n) is 28.0. The van der Waals surface area contributed by atoms with Gasteiger partial charge in [0.2, 0.25) is 0 Å². The van der Waals surface area contributed by atoms with Crippen molar-refractivity contribution in [3.8, 4) is 44.9 Å². The van der Waals surface area contributed by atoms with Crippen molar-refractivity contribution in [2.45, 2.75) is 43.9 Å². The van der Waals surface area contributed by atoms with E-state index < -0.39 is 0 Å². The molecular weight excluding hydrogens is 967 g/mol. The van der Waals surface area contributed by atoms with Crippen LogP contribution in [0.3, 0.4) is 0 Å². The molecule has 0 spiro atoms. The van der Waals surface area contributed by atoms with Gasteiger partial charge in [-0.2, -0.15) is 0 Å². The van der Waals surface area contributed by atoms with Crippen LogP contribution in [-0.4, -0.2) is 33.3 Å². The minimum atomic E-state index is -0.248. The van der Waals surface area contributed by atoms with Crippen LogP contribution in [0.5, 0.6) is 11.5 Å². The molecule has 1 fully saturated rings. The summed E-state index contributed by atoms with van der Waals surface area (Å²) < 4.78 is 17.2. The number of allylic oxidation sites excluding steroid dienone is 10. The van der Waals surface area contributed by atoms with Crippen molar-refractivity contribution in [3.63, 3.8) is 0 Å². The summed E-state index contributed by atoms with van der Waals surface area (Å²) in [6, 6.07) is 61.7. The normalized spacial score (nSPS) is 22.9. The van der Waals surface area contributed by atoms with E-state index in [1.54, 1.807) is 14.2 Å². The fraction of sp³-hybridized carbons (Fsp3) is 0.192. The summed E-state index contributed by atoms with van der Waals surface area (Å²) >= 11 is 0. The molecule has 14 rings (SSSR count). The summed E-state index contributed by atoms with van der Waals surface area (Å²) in [7, 11) is 5.28. The number of ether oxygens (including phenoxy) is 3. The Kier molecular flexibility index (Phi) is 12.7. The third-order valence-electron chi connectivity index (χ3n) is 17.6. The monoisotopic (exact) mass is 1030 g/mol. The number of nitrogens with one attached hydrogen (secondary N) is 2. The largest absolute Gasteiger partial charge is 0.500 e. The van der Waals surface area contributed by atoms with Crippen LogP contribution in [0.25, 0.3) is 66.1 Å². The van der Waals surface area contributed by atoms with Crippen LogP contribution in [0.1, 0.15) is 60.0 Å². The second kappa shape index (κ2) is 20.6. The number of aliphatic imine (C=N–C) groups is 1. The van der Waals surface area contributed by atoms with Crippen molar-refractivity contribution in [2.24, 2.45) is 28.7 Å². The van der Waals surface area contributed by atoms with Crippen LogP contribution < -0.4 is 20.1 Å². The topological polar surface area (TPSA) is 64.1 Å². The van der Waals surface area contributed by atoms with E-state index in [-0.39, 0.29) is 18.2 Å². The van der Waals surface area contributed by atoms with Gasteiger partial charge in [0.05, 0.1) is 21.3 Å². The lowest BCUT2D eigenvalue weighted by molar-refractivity contribution is 0.228. The Morgan fingerprint density at radius 3 is 1.67 bits per heavy atom. The first kappa shape index (κ1) is 48.6. The van der Waals surface area contributed by atoms with Crippen molar-refractivity contribution in [1.82, 2.24) is 10.6 Å². The molecule has 5 aliphatic carbocycles. The van der Waals surface area contributed by atoms with Crippen LogP contribution in [0.15, 0.2) is 246 Å². The molecular formula is C73H63N3O3. The Bertz CT molecular complexity index is 3930. The number of rotatable bonds is 12. The van der Waals surface area contributed by atoms with Crippen LogP contribution in [0, 0.1) is 23.7 Å². The molecule has 1 aliphatic heterocycles. The number of amidine groups is 1. The van der Waals surface area contributed by atoms with E-state index in [0.717, 1.165) is 58.7 Å². The molecule has 0 bridgehead atoms.